The molecule has 0 saturated carbocycles. The summed E-state index contributed by atoms with van der Waals surface area (Å²) < 4.78 is 2.60. The monoisotopic (exact) mass is 429 g/mol. The molecule has 2 aromatic carbocycles. The van der Waals surface area contributed by atoms with Crippen LogP contribution in [0.2, 0.25) is 0 Å². The summed E-state index contributed by atoms with van der Waals surface area (Å²) in [5.41, 5.74) is 3.69. The first-order valence-electron chi connectivity index (χ1n) is 7.96. The molecule has 0 spiro atoms. The average molecular weight is 430 g/mol. The summed E-state index contributed by atoms with van der Waals surface area (Å²) in [6.45, 7) is 1.97. The smallest absolute Gasteiger partial charge is 0.308 e. The zero-order valence-electron chi connectivity index (χ0n) is 14.6. The maximum Gasteiger partial charge on any atom is 0.323 e. The van der Waals surface area contributed by atoms with Crippen LogP contribution in [0.1, 0.15) is 5.56 Å². The Balaban J connectivity index is 1.80. The second-order valence-corrected chi connectivity index (χ2v) is 6.74. The Labute approximate surface area is 163 Å². The van der Waals surface area contributed by atoms with E-state index in [0.717, 1.165) is 21.3 Å². The molecule has 0 fully saturated rings. The molecule has 0 radical (unpaired) electrons. The number of carbonyl (C=O) groups excluding carboxylic acids is 1. The molecular weight excluding hydrogens is 414 g/mol. The van der Waals surface area contributed by atoms with Crippen LogP contribution < -0.4 is 10.6 Å². The Morgan fingerprint density at radius 3 is 2.52 bits per heavy atom. The molecule has 0 aliphatic heterocycles. The molecule has 0 atom stereocenters. The van der Waals surface area contributed by atoms with Gasteiger partial charge >= 0.3 is 6.03 Å². The third-order valence-electron chi connectivity index (χ3n) is 3.96. The number of aryl methyl sites for hydroxylation is 2. The summed E-state index contributed by atoms with van der Waals surface area (Å²) in [7, 11) is 1.84. The van der Waals surface area contributed by atoms with Crippen molar-refractivity contribution < 1.29 is 9.72 Å². The summed E-state index contributed by atoms with van der Waals surface area (Å²) in [6, 6.07) is 10.8. The van der Waals surface area contributed by atoms with Gasteiger partial charge in [-0.05, 0) is 46.6 Å². The Bertz CT molecular complexity index is 1010. The minimum atomic E-state index is -0.513. The van der Waals surface area contributed by atoms with Crippen LogP contribution in [0.25, 0.3) is 11.3 Å². The number of nitro benzene ring substituents is 1. The zero-order valence-corrected chi connectivity index (χ0v) is 16.1. The average Bonchev–Trinajstić information content (AvgIpc) is 2.95. The van der Waals surface area contributed by atoms with Crippen molar-refractivity contribution in [3.05, 3.63) is 68.8 Å². The number of rotatable bonds is 4. The lowest BCUT2D eigenvalue weighted by Gasteiger charge is -2.12. The third-order valence-corrected chi connectivity index (χ3v) is 4.54. The van der Waals surface area contributed by atoms with E-state index in [-0.39, 0.29) is 5.69 Å². The summed E-state index contributed by atoms with van der Waals surface area (Å²) in [5, 5.41) is 20.4. The van der Waals surface area contributed by atoms with Crippen molar-refractivity contribution in [3.63, 3.8) is 0 Å². The fourth-order valence-electron chi connectivity index (χ4n) is 2.66. The number of hydrogen-bond acceptors (Lipinski definition) is 4. The van der Waals surface area contributed by atoms with Gasteiger partial charge in [-0.25, -0.2) is 4.79 Å². The molecule has 2 amide bonds. The maximum atomic E-state index is 12.3. The van der Waals surface area contributed by atoms with Gasteiger partial charge in [-0.3, -0.25) is 14.8 Å². The van der Waals surface area contributed by atoms with Gasteiger partial charge in [0, 0.05) is 36.1 Å². The highest BCUT2D eigenvalue weighted by Crippen LogP contribution is 2.32. The number of anilines is 2. The Kier molecular flexibility index (Phi) is 5.22. The first kappa shape index (κ1) is 18.6. The van der Waals surface area contributed by atoms with Crippen LogP contribution >= 0.6 is 15.9 Å². The summed E-state index contributed by atoms with van der Waals surface area (Å²) in [5.74, 6) is 0. The van der Waals surface area contributed by atoms with Crippen LogP contribution in [0.3, 0.4) is 0 Å². The van der Waals surface area contributed by atoms with Crippen LogP contribution in [0.15, 0.2) is 53.1 Å². The summed E-state index contributed by atoms with van der Waals surface area (Å²) in [6.07, 6.45) is 1.71. The summed E-state index contributed by atoms with van der Waals surface area (Å²) in [4.78, 5) is 22.6. The van der Waals surface area contributed by atoms with Gasteiger partial charge in [0.05, 0.1) is 21.3 Å². The van der Waals surface area contributed by atoms with E-state index in [1.165, 1.54) is 18.2 Å². The molecule has 27 heavy (non-hydrogen) atoms. The Morgan fingerprint density at radius 2 is 1.89 bits per heavy atom. The van der Waals surface area contributed by atoms with Crippen molar-refractivity contribution in [1.82, 2.24) is 9.78 Å². The van der Waals surface area contributed by atoms with E-state index in [0.29, 0.717) is 11.4 Å². The van der Waals surface area contributed by atoms with Crippen LogP contribution in [0.4, 0.5) is 21.9 Å². The van der Waals surface area contributed by atoms with Crippen molar-refractivity contribution in [3.8, 4) is 11.3 Å². The molecule has 0 saturated heterocycles. The van der Waals surface area contributed by atoms with Gasteiger partial charge in [-0.15, -0.1) is 0 Å². The lowest BCUT2D eigenvalue weighted by molar-refractivity contribution is -0.384. The van der Waals surface area contributed by atoms with Gasteiger partial charge < -0.3 is 10.6 Å². The van der Waals surface area contributed by atoms with Crippen molar-refractivity contribution in [2.24, 2.45) is 7.05 Å². The van der Waals surface area contributed by atoms with E-state index < -0.39 is 11.0 Å². The Hall–Kier alpha value is -3.20. The molecule has 3 aromatic rings. The van der Waals surface area contributed by atoms with Crippen molar-refractivity contribution in [2.75, 3.05) is 10.6 Å². The summed E-state index contributed by atoms with van der Waals surface area (Å²) >= 11 is 3.49. The number of nitro groups is 1. The first-order valence-corrected chi connectivity index (χ1v) is 8.75. The van der Waals surface area contributed by atoms with E-state index in [1.54, 1.807) is 23.0 Å². The molecule has 1 heterocycles. The van der Waals surface area contributed by atoms with Gasteiger partial charge in [0.1, 0.15) is 0 Å². The number of benzene rings is 2. The molecular formula is C18H16BrN5O3. The van der Waals surface area contributed by atoms with Crippen molar-refractivity contribution in [2.45, 2.75) is 6.92 Å². The molecule has 3 rings (SSSR count). The zero-order chi connectivity index (χ0) is 19.6. The molecule has 0 bridgehead atoms. The number of amides is 2. The number of nitrogens with zero attached hydrogens (tertiary/aromatic N) is 3. The maximum absolute atomic E-state index is 12.3. The van der Waals surface area contributed by atoms with Gasteiger partial charge in [0.2, 0.25) is 0 Å². The number of aromatic nitrogens is 2. The normalized spacial score (nSPS) is 10.5. The van der Waals surface area contributed by atoms with Gasteiger partial charge in [-0.2, -0.15) is 5.10 Å². The van der Waals surface area contributed by atoms with Crippen LogP contribution in [-0.4, -0.2) is 20.7 Å². The van der Waals surface area contributed by atoms with Gasteiger partial charge in [-0.1, -0.05) is 12.1 Å². The first-order chi connectivity index (χ1) is 12.8. The highest BCUT2D eigenvalue weighted by atomic mass is 79.9. The lowest BCUT2D eigenvalue weighted by atomic mass is 10.0. The number of hydrogen-bond donors (Lipinski definition) is 2. The quantitative estimate of drug-likeness (QED) is 0.462. The fourth-order valence-corrected chi connectivity index (χ4v) is 3.22. The molecule has 0 unspecified atom stereocenters. The molecule has 138 valence electrons. The predicted molar refractivity (Wildman–Crippen MR) is 107 cm³/mol. The molecule has 9 heteroatoms. The predicted octanol–water partition coefficient (Wildman–Crippen LogP) is 4.71. The van der Waals surface area contributed by atoms with E-state index in [1.807, 2.05) is 26.1 Å². The van der Waals surface area contributed by atoms with E-state index in [9.17, 15) is 14.9 Å². The fraction of sp³-hybridized carbons (Fsp3) is 0.111. The molecule has 0 aliphatic carbocycles. The van der Waals surface area contributed by atoms with Crippen LogP contribution in [0, 0.1) is 17.0 Å². The second kappa shape index (κ2) is 7.58. The largest absolute Gasteiger partial charge is 0.323 e. The van der Waals surface area contributed by atoms with Crippen LogP contribution in [0.5, 0.6) is 0 Å². The minimum Gasteiger partial charge on any atom is -0.308 e. The Morgan fingerprint density at radius 1 is 1.19 bits per heavy atom. The molecule has 0 aliphatic rings. The van der Waals surface area contributed by atoms with Crippen LogP contribution in [-0.2, 0) is 7.05 Å². The van der Waals surface area contributed by atoms with E-state index in [4.69, 9.17) is 0 Å². The second-order valence-electron chi connectivity index (χ2n) is 5.88. The van der Waals surface area contributed by atoms with E-state index >= 15 is 0 Å². The van der Waals surface area contributed by atoms with Gasteiger partial charge in [0.15, 0.2) is 0 Å². The number of carbonyl (C=O) groups is 1. The highest BCUT2D eigenvalue weighted by molar-refractivity contribution is 9.10. The number of urea groups is 1. The molecule has 8 nitrogen and oxygen atoms in total. The SMILES string of the molecule is Cc1ccc(NC(=O)Nc2cccc([N+](=O)[O-])c2)cc1-c1c(Br)cnn1C. The standard InChI is InChI=1S/C18H16BrN5O3/c1-11-6-7-13(9-15(11)17-16(19)10-20-23(17)2)22-18(25)21-12-4-3-5-14(8-12)24(26)27/h3-10H,1-2H3,(H2,21,22,25). The van der Waals surface area contributed by atoms with Crippen molar-refractivity contribution >= 4 is 39.0 Å². The highest BCUT2D eigenvalue weighted by Gasteiger charge is 2.13. The van der Waals surface area contributed by atoms with Gasteiger partial charge in [0.25, 0.3) is 5.69 Å². The van der Waals surface area contributed by atoms with E-state index in [2.05, 4.69) is 31.7 Å². The number of halogens is 1. The topological polar surface area (TPSA) is 102 Å². The number of non-ortho nitro benzene ring substituents is 1. The third kappa shape index (κ3) is 4.14. The number of nitrogens with one attached hydrogen (secondary N) is 2. The minimum absolute atomic E-state index is 0.0912. The molecule has 1 aromatic heterocycles. The lowest BCUT2D eigenvalue weighted by Crippen LogP contribution is -2.19. The molecule has 2 N–H and O–H groups in total. The van der Waals surface area contributed by atoms with Crippen molar-refractivity contribution in [1.29, 1.82) is 0 Å².